The number of nitrogens with one attached hydrogen (secondary N) is 2. The highest BCUT2D eigenvalue weighted by molar-refractivity contribution is 5.96. The Labute approximate surface area is 179 Å². The maximum Gasteiger partial charge on any atom is 0.251 e. The van der Waals surface area contributed by atoms with Crippen LogP contribution in [0.2, 0.25) is 0 Å². The van der Waals surface area contributed by atoms with Crippen molar-refractivity contribution in [1.29, 1.82) is 0 Å². The van der Waals surface area contributed by atoms with Crippen molar-refractivity contribution in [3.05, 3.63) is 65.1 Å². The summed E-state index contributed by atoms with van der Waals surface area (Å²) in [7, 11) is 0. The molecule has 0 radical (unpaired) electrons. The van der Waals surface area contributed by atoms with Crippen molar-refractivity contribution >= 4 is 23.2 Å². The standard InChI is InChI=1S/C23H24FN5O2/c1-14-16-10-17(12-19(14)24)28-23-27-8-6-21(29-23)18-5-4-15(11-20(18)25)22(30)26-7-2-3-9-31-13-16/h4-6,8,10-12H,2-3,7,9,13,25H2,1H3,(H,26,30)(H,27,28,29). The summed E-state index contributed by atoms with van der Waals surface area (Å²) < 4.78 is 20.2. The number of benzene rings is 2. The van der Waals surface area contributed by atoms with Gasteiger partial charge in [-0.2, -0.15) is 0 Å². The van der Waals surface area contributed by atoms with Crippen LogP contribution >= 0.6 is 0 Å². The van der Waals surface area contributed by atoms with Crippen molar-refractivity contribution in [1.82, 2.24) is 15.3 Å². The topological polar surface area (TPSA) is 102 Å². The fourth-order valence-electron chi connectivity index (χ4n) is 3.41. The number of ether oxygens (including phenoxy) is 1. The number of halogens is 1. The van der Waals surface area contributed by atoms with Crippen LogP contribution in [-0.4, -0.2) is 29.0 Å². The quantitative estimate of drug-likeness (QED) is 0.475. The fourth-order valence-corrected chi connectivity index (χ4v) is 3.41. The van der Waals surface area contributed by atoms with E-state index in [4.69, 9.17) is 10.5 Å². The summed E-state index contributed by atoms with van der Waals surface area (Å²) in [6.07, 6.45) is 3.15. The van der Waals surface area contributed by atoms with E-state index in [0.29, 0.717) is 59.5 Å². The summed E-state index contributed by atoms with van der Waals surface area (Å²) in [5, 5.41) is 5.95. The van der Waals surface area contributed by atoms with E-state index in [0.717, 1.165) is 18.4 Å². The minimum absolute atomic E-state index is 0.177. The zero-order valence-corrected chi connectivity index (χ0v) is 17.2. The summed E-state index contributed by atoms with van der Waals surface area (Å²) in [6.45, 7) is 3.07. The number of nitrogens with two attached hydrogens (primary N) is 1. The molecule has 2 aliphatic heterocycles. The molecule has 2 aliphatic rings. The minimum atomic E-state index is -0.326. The summed E-state index contributed by atoms with van der Waals surface area (Å²) in [5.41, 5.74) is 10.3. The smallest absolute Gasteiger partial charge is 0.251 e. The predicted molar refractivity (Wildman–Crippen MR) is 118 cm³/mol. The van der Waals surface area contributed by atoms with Crippen LogP contribution in [0.5, 0.6) is 0 Å². The van der Waals surface area contributed by atoms with Gasteiger partial charge in [0, 0.05) is 41.9 Å². The first-order chi connectivity index (χ1) is 15.0. The van der Waals surface area contributed by atoms with Gasteiger partial charge in [0.15, 0.2) is 0 Å². The zero-order chi connectivity index (χ0) is 21.8. The third kappa shape index (κ3) is 4.80. The molecule has 3 aromatic rings. The molecule has 2 aromatic carbocycles. The van der Waals surface area contributed by atoms with Crippen molar-refractivity contribution in [2.45, 2.75) is 26.4 Å². The van der Waals surface area contributed by atoms with Crippen molar-refractivity contribution in [3.8, 4) is 11.3 Å². The largest absolute Gasteiger partial charge is 0.398 e. The molecule has 0 saturated carbocycles. The number of carbonyl (C=O) groups excluding carboxylic acids is 1. The Morgan fingerprint density at radius 2 is 2.03 bits per heavy atom. The molecule has 6 bridgehead atoms. The lowest BCUT2D eigenvalue weighted by molar-refractivity contribution is 0.0945. The number of rotatable bonds is 0. The second kappa shape index (κ2) is 9.09. The Bertz CT molecular complexity index is 1120. The van der Waals surface area contributed by atoms with Crippen LogP contribution in [0.3, 0.4) is 0 Å². The number of hydrogen-bond acceptors (Lipinski definition) is 6. The van der Waals surface area contributed by atoms with Gasteiger partial charge < -0.3 is 21.1 Å². The molecule has 4 N–H and O–H groups in total. The highest BCUT2D eigenvalue weighted by Crippen LogP contribution is 2.27. The molecule has 160 valence electrons. The lowest BCUT2D eigenvalue weighted by Gasteiger charge is -2.12. The maximum absolute atomic E-state index is 14.5. The maximum atomic E-state index is 14.5. The summed E-state index contributed by atoms with van der Waals surface area (Å²) in [6, 6.07) is 10.1. The van der Waals surface area contributed by atoms with E-state index in [1.165, 1.54) is 6.07 Å². The average molecular weight is 421 g/mol. The van der Waals surface area contributed by atoms with Crippen LogP contribution in [0.25, 0.3) is 11.3 Å². The van der Waals surface area contributed by atoms with Crippen LogP contribution < -0.4 is 16.4 Å². The van der Waals surface area contributed by atoms with Crippen LogP contribution in [0.4, 0.5) is 21.7 Å². The Kier molecular flexibility index (Phi) is 6.08. The van der Waals surface area contributed by atoms with Gasteiger partial charge in [-0.3, -0.25) is 4.79 Å². The van der Waals surface area contributed by atoms with Gasteiger partial charge in [-0.15, -0.1) is 0 Å². The molecule has 31 heavy (non-hydrogen) atoms. The Morgan fingerprint density at radius 1 is 1.16 bits per heavy atom. The van der Waals surface area contributed by atoms with E-state index in [9.17, 15) is 9.18 Å². The zero-order valence-electron chi connectivity index (χ0n) is 17.2. The first-order valence-electron chi connectivity index (χ1n) is 10.2. The van der Waals surface area contributed by atoms with Gasteiger partial charge in [0.2, 0.25) is 5.95 Å². The molecule has 3 heterocycles. The molecule has 0 unspecified atom stereocenters. The van der Waals surface area contributed by atoms with E-state index in [1.54, 1.807) is 37.4 Å². The van der Waals surface area contributed by atoms with Gasteiger partial charge in [-0.25, -0.2) is 14.4 Å². The minimum Gasteiger partial charge on any atom is -0.398 e. The van der Waals surface area contributed by atoms with Crippen molar-refractivity contribution in [2.75, 3.05) is 24.2 Å². The third-order valence-corrected chi connectivity index (χ3v) is 5.21. The van der Waals surface area contributed by atoms with Gasteiger partial charge in [-0.1, -0.05) is 0 Å². The molecular weight excluding hydrogens is 397 g/mol. The van der Waals surface area contributed by atoms with Crippen LogP contribution in [0, 0.1) is 12.7 Å². The Morgan fingerprint density at radius 3 is 2.87 bits per heavy atom. The lowest BCUT2D eigenvalue weighted by Crippen LogP contribution is -2.24. The molecule has 0 spiro atoms. The number of fused-ring (bicyclic) bond motifs is 9. The molecule has 7 nitrogen and oxygen atoms in total. The molecule has 5 rings (SSSR count). The molecule has 0 fully saturated rings. The van der Waals surface area contributed by atoms with Crippen LogP contribution in [0.1, 0.15) is 34.3 Å². The number of carbonyl (C=O) groups is 1. The van der Waals surface area contributed by atoms with E-state index >= 15 is 0 Å². The van der Waals surface area contributed by atoms with E-state index in [2.05, 4.69) is 20.6 Å². The summed E-state index contributed by atoms with van der Waals surface area (Å²) in [5.74, 6) is -0.191. The normalized spacial score (nSPS) is 14.7. The summed E-state index contributed by atoms with van der Waals surface area (Å²) in [4.78, 5) is 21.1. The highest BCUT2D eigenvalue weighted by atomic mass is 19.1. The first-order valence-corrected chi connectivity index (χ1v) is 10.2. The number of nitrogens with zero attached hydrogens (tertiary/aromatic N) is 2. The van der Waals surface area contributed by atoms with E-state index in [1.807, 2.05) is 6.07 Å². The number of nitrogen functional groups attached to an aromatic ring is 1. The van der Waals surface area contributed by atoms with Crippen molar-refractivity contribution in [3.63, 3.8) is 0 Å². The van der Waals surface area contributed by atoms with Gasteiger partial charge in [0.1, 0.15) is 5.82 Å². The third-order valence-electron chi connectivity index (χ3n) is 5.21. The predicted octanol–water partition coefficient (Wildman–Crippen LogP) is 3.96. The molecule has 1 aromatic heterocycles. The Hall–Kier alpha value is -3.52. The van der Waals surface area contributed by atoms with Gasteiger partial charge in [-0.05, 0) is 67.3 Å². The number of hydrogen-bond donors (Lipinski definition) is 3. The van der Waals surface area contributed by atoms with Crippen molar-refractivity contribution in [2.24, 2.45) is 0 Å². The van der Waals surface area contributed by atoms with E-state index < -0.39 is 0 Å². The monoisotopic (exact) mass is 421 g/mol. The number of anilines is 3. The second-order valence-corrected chi connectivity index (χ2v) is 7.45. The Balaban J connectivity index is 1.71. The fraction of sp³-hybridized carbons (Fsp3) is 0.261. The molecular formula is C23H24FN5O2. The second-order valence-electron chi connectivity index (χ2n) is 7.45. The average Bonchev–Trinajstić information content (AvgIpc) is 2.75. The SMILES string of the molecule is Cc1c(F)cc2cc1COCCCCNC(=O)c1ccc(c(N)c1)-c1ccnc(n1)N2. The molecule has 8 heteroatoms. The van der Waals surface area contributed by atoms with Gasteiger partial charge >= 0.3 is 0 Å². The molecule has 0 aliphatic carbocycles. The number of aromatic nitrogens is 2. The molecule has 0 atom stereocenters. The van der Waals surface area contributed by atoms with Crippen molar-refractivity contribution < 1.29 is 13.9 Å². The first kappa shape index (κ1) is 20.7. The highest BCUT2D eigenvalue weighted by Gasteiger charge is 2.13. The molecule has 0 saturated heterocycles. The van der Waals surface area contributed by atoms with Crippen LogP contribution in [0.15, 0.2) is 42.6 Å². The van der Waals surface area contributed by atoms with Crippen LogP contribution in [-0.2, 0) is 11.3 Å². The molecule has 1 amide bonds. The number of amides is 1. The van der Waals surface area contributed by atoms with Gasteiger partial charge in [0.25, 0.3) is 5.91 Å². The lowest BCUT2D eigenvalue weighted by atomic mass is 10.1. The van der Waals surface area contributed by atoms with Gasteiger partial charge in [0.05, 0.1) is 12.3 Å². The van der Waals surface area contributed by atoms with E-state index in [-0.39, 0.29) is 11.7 Å². The summed E-state index contributed by atoms with van der Waals surface area (Å²) >= 11 is 0.